The molecule has 0 amide bonds. The van der Waals surface area contributed by atoms with Crippen molar-refractivity contribution in [3.63, 3.8) is 0 Å². The molecule has 0 spiro atoms. The van der Waals surface area contributed by atoms with E-state index >= 15 is 0 Å². The quantitative estimate of drug-likeness (QED) is 0.729. The third-order valence-corrected chi connectivity index (χ3v) is 2.95. The summed E-state index contributed by atoms with van der Waals surface area (Å²) in [6.07, 6.45) is 1.70. The molecule has 0 N–H and O–H groups in total. The van der Waals surface area contributed by atoms with Gasteiger partial charge in [0, 0.05) is 12.3 Å². The molecule has 0 aliphatic heterocycles. The number of rotatable bonds is 4. The van der Waals surface area contributed by atoms with Crippen LogP contribution in [0.2, 0.25) is 0 Å². The summed E-state index contributed by atoms with van der Waals surface area (Å²) in [5.41, 5.74) is 2.34. The zero-order valence-electron chi connectivity index (χ0n) is 11.3. The number of hydrogen-bond donors (Lipinski definition) is 0. The summed E-state index contributed by atoms with van der Waals surface area (Å²) in [6, 6.07) is 9.30. The van der Waals surface area contributed by atoms with Crippen molar-refractivity contribution in [1.82, 2.24) is 9.97 Å². The molecule has 0 unspecified atom stereocenters. The molecule has 0 aliphatic rings. The Labute approximate surface area is 116 Å². The molecular formula is C15H14N2O3. The third-order valence-electron chi connectivity index (χ3n) is 2.95. The van der Waals surface area contributed by atoms with E-state index in [1.807, 2.05) is 37.3 Å². The summed E-state index contributed by atoms with van der Waals surface area (Å²) in [6.45, 7) is 2.22. The van der Waals surface area contributed by atoms with Crippen LogP contribution >= 0.6 is 0 Å². The molecule has 0 saturated heterocycles. The zero-order valence-corrected chi connectivity index (χ0v) is 11.3. The van der Waals surface area contributed by atoms with Crippen molar-refractivity contribution in [3.05, 3.63) is 48.0 Å². The van der Waals surface area contributed by atoms with Gasteiger partial charge in [-0.1, -0.05) is 6.07 Å². The van der Waals surface area contributed by atoms with Crippen molar-refractivity contribution in [2.75, 3.05) is 7.11 Å². The van der Waals surface area contributed by atoms with Crippen LogP contribution in [0.1, 0.15) is 11.5 Å². The largest absolute Gasteiger partial charge is 0.497 e. The fraction of sp³-hybridized carbons (Fsp3) is 0.200. The monoisotopic (exact) mass is 270 g/mol. The predicted molar refractivity (Wildman–Crippen MR) is 73.9 cm³/mol. The number of ether oxygens (including phenoxy) is 2. The molecular weight excluding hydrogens is 256 g/mol. The van der Waals surface area contributed by atoms with Crippen LogP contribution in [0.4, 0.5) is 0 Å². The lowest BCUT2D eigenvalue weighted by molar-refractivity contribution is 0.265. The van der Waals surface area contributed by atoms with Gasteiger partial charge < -0.3 is 13.9 Å². The second kappa shape index (κ2) is 5.21. The standard InChI is InChI=1S/C15H14N2O3/c1-10-6-7-16-15-14(10)17-13(20-15)9-19-12-5-3-4-11(8-12)18-2/h3-8H,9H2,1-2H3. The summed E-state index contributed by atoms with van der Waals surface area (Å²) in [7, 11) is 1.62. The second-order valence-electron chi connectivity index (χ2n) is 4.36. The summed E-state index contributed by atoms with van der Waals surface area (Å²) >= 11 is 0. The van der Waals surface area contributed by atoms with E-state index in [1.54, 1.807) is 13.3 Å². The Balaban J connectivity index is 1.78. The maximum atomic E-state index is 5.64. The fourth-order valence-electron chi connectivity index (χ4n) is 1.89. The molecule has 20 heavy (non-hydrogen) atoms. The van der Waals surface area contributed by atoms with E-state index in [2.05, 4.69) is 9.97 Å². The van der Waals surface area contributed by atoms with Gasteiger partial charge in [-0.05, 0) is 30.7 Å². The Kier molecular flexibility index (Phi) is 3.25. The molecule has 0 atom stereocenters. The number of hydrogen-bond acceptors (Lipinski definition) is 5. The summed E-state index contributed by atoms with van der Waals surface area (Å²) in [5.74, 6) is 1.96. The molecule has 1 aromatic carbocycles. The number of aryl methyl sites for hydroxylation is 1. The van der Waals surface area contributed by atoms with E-state index < -0.39 is 0 Å². The van der Waals surface area contributed by atoms with Crippen molar-refractivity contribution >= 4 is 11.2 Å². The minimum atomic E-state index is 0.253. The van der Waals surface area contributed by atoms with Crippen molar-refractivity contribution in [1.29, 1.82) is 0 Å². The predicted octanol–water partition coefficient (Wildman–Crippen LogP) is 3.12. The van der Waals surface area contributed by atoms with Crippen molar-refractivity contribution in [2.45, 2.75) is 13.5 Å². The Morgan fingerprint density at radius 1 is 1.20 bits per heavy atom. The molecule has 0 saturated carbocycles. The van der Waals surface area contributed by atoms with Gasteiger partial charge in [0.25, 0.3) is 0 Å². The van der Waals surface area contributed by atoms with Crippen LogP contribution in [0, 0.1) is 6.92 Å². The molecule has 0 bridgehead atoms. The number of oxazole rings is 1. The number of methoxy groups -OCH3 is 1. The van der Waals surface area contributed by atoms with E-state index in [1.165, 1.54) is 0 Å². The van der Waals surface area contributed by atoms with Gasteiger partial charge in [0.05, 0.1) is 7.11 Å². The molecule has 2 aromatic heterocycles. The lowest BCUT2D eigenvalue weighted by Crippen LogP contribution is -1.95. The third kappa shape index (κ3) is 2.42. The van der Waals surface area contributed by atoms with Crippen LogP contribution in [0.25, 0.3) is 11.2 Å². The maximum absolute atomic E-state index is 5.64. The fourth-order valence-corrected chi connectivity index (χ4v) is 1.89. The van der Waals surface area contributed by atoms with E-state index in [9.17, 15) is 0 Å². The number of nitrogens with zero attached hydrogens (tertiary/aromatic N) is 2. The van der Waals surface area contributed by atoms with E-state index in [0.29, 0.717) is 17.4 Å². The summed E-state index contributed by atoms with van der Waals surface area (Å²) in [5, 5.41) is 0. The Hall–Kier alpha value is -2.56. The molecule has 3 aromatic rings. The highest BCUT2D eigenvalue weighted by atomic mass is 16.5. The number of benzene rings is 1. The average molecular weight is 270 g/mol. The Bertz CT molecular complexity index is 737. The van der Waals surface area contributed by atoms with E-state index in [4.69, 9.17) is 13.9 Å². The van der Waals surface area contributed by atoms with Gasteiger partial charge in [0.1, 0.15) is 17.0 Å². The van der Waals surface area contributed by atoms with Gasteiger partial charge in [-0.2, -0.15) is 0 Å². The van der Waals surface area contributed by atoms with Crippen LogP contribution in [0.5, 0.6) is 11.5 Å². The van der Waals surface area contributed by atoms with Gasteiger partial charge in [0.2, 0.25) is 11.6 Å². The summed E-state index contributed by atoms with van der Waals surface area (Å²) in [4.78, 5) is 8.52. The van der Waals surface area contributed by atoms with Gasteiger partial charge >= 0.3 is 0 Å². The second-order valence-corrected chi connectivity index (χ2v) is 4.36. The Morgan fingerprint density at radius 3 is 2.85 bits per heavy atom. The van der Waals surface area contributed by atoms with Crippen LogP contribution in [0.3, 0.4) is 0 Å². The zero-order chi connectivity index (χ0) is 13.9. The van der Waals surface area contributed by atoms with Gasteiger partial charge in [-0.3, -0.25) is 0 Å². The summed E-state index contributed by atoms with van der Waals surface area (Å²) < 4.78 is 16.3. The molecule has 102 valence electrons. The normalized spacial score (nSPS) is 10.7. The highest BCUT2D eigenvalue weighted by Crippen LogP contribution is 2.21. The minimum absolute atomic E-state index is 0.253. The molecule has 0 aliphatic carbocycles. The maximum Gasteiger partial charge on any atom is 0.247 e. The number of pyridine rings is 1. The first-order valence-electron chi connectivity index (χ1n) is 6.24. The van der Waals surface area contributed by atoms with Crippen molar-refractivity contribution in [2.24, 2.45) is 0 Å². The van der Waals surface area contributed by atoms with Gasteiger partial charge in [-0.25, -0.2) is 9.97 Å². The van der Waals surface area contributed by atoms with Gasteiger partial charge in [0.15, 0.2) is 6.61 Å². The molecule has 2 heterocycles. The van der Waals surface area contributed by atoms with Crippen LogP contribution in [-0.2, 0) is 6.61 Å². The van der Waals surface area contributed by atoms with Crippen molar-refractivity contribution in [3.8, 4) is 11.5 Å². The van der Waals surface area contributed by atoms with Gasteiger partial charge in [-0.15, -0.1) is 0 Å². The van der Waals surface area contributed by atoms with E-state index in [-0.39, 0.29) is 6.61 Å². The van der Waals surface area contributed by atoms with Crippen LogP contribution < -0.4 is 9.47 Å². The highest BCUT2D eigenvalue weighted by molar-refractivity contribution is 5.71. The smallest absolute Gasteiger partial charge is 0.247 e. The topological polar surface area (TPSA) is 57.4 Å². The first-order valence-corrected chi connectivity index (χ1v) is 6.24. The highest BCUT2D eigenvalue weighted by Gasteiger charge is 2.09. The Morgan fingerprint density at radius 2 is 2.05 bits per heavy atom. The lowest BCUT2D eigenvalue weighted by Gasteiger charge is -2.05. The molecule has 3 rings (SSSR count). The molecule has 0 fully saturated rings. The first kappa shape index (κ1) is 12.5. The van der Waals surface area contributed by atoms with Crippen molar-refractivity contribution < 1.29 is 13.9 Å². The average Bonchev–Trinajstić information content (AvgIpc) is 2.90. The molecule has 0 radical (unpaired) electrons. The van der Waals surface area contributed by atoms with Crippen LogP contribution in [-0.4, -0.2) is 17.1 Å². The molecule has 5 nitrogen and oxygen atoms in total. The number of aromatic nitrogens is 2. The SMILES string of the molecule is COc1cccc(OCc2nc3c(C)ccnc3o2)c1. The molecule has 5 heteroatoms. The lowest BCUT2D eigenvalue weighted by atomic mass is 10.3. The first-order chi connectivity index (χ1) is 9.76. The minimum Gasteiger partial charge on any atom is -0.497 e. The van der Waals surface area contributed by atoms with E-state index in [0.717, 1.165) is 16.8 Å². The van der Waals surface area contributed by atoms with Crippen LogP contribution in [0.15, 0.2) is 40.9 Å². The number of fused-ring (bicyclic) bond motifs is 1.